The van der Waals surface area contributed by atoms with Gasteiger partial charge in [0, 0.05) is 18.0 Å². The average Bonchev–Trinajstić information content (AvgIpc) is 2.31. The summed E-state index contributed by atoms with van der Waals surface area (Å²) < 4.78 is 5.83. The Bertz CT molecular complexity index is 398. The first-order valence-corrected chi connectivity index (χ1v) is 6.56. The van der Waals surface area contributed by atoms with Gasteiger partial charge in [0.2, 0.25) is 0 Å². The van der Waals surface area contributed by atoms with Gasteiger partial charge in [0.25, 0.3) is 0 Å². The Morgan fingerprint density at radius 3 is 2.82 bits per heavy atom. The van der Waals surface area contributed by atoms with E-state index in [4.69, 9.17) is 4.74 Å². The van der Waals surface area contributed by atoms with E-state index in [0.29, 0.717) is 12.0 Å². The smallest absolute Gasteiger partial charge is 0.127 e. The fraction of sp³-hybridized carbons (Fsp3) is 0.600. The van der Waals surface area contributed by atoms with E-state index < -0.39 is 0 Å². The Labute approximate surface area is 104 Å². The van der Waals surface area contributed by atoms with Crippen molar-refractivity contribution >= 4 is 0 Å². The molecular weight excluding hydrogens is 210 g/mol. The number of hydrogen-bond acceptors (Lipinski definition) is 2. The van der Waals surface area contributed by atoms with Crippen molar-refractivity contribution in [3.05, 3.63) is 28.8 Å². The van der Waals surface area contributed by atoms with Crippen LogP contribution in [0, 0.1) is 19.8 Å². The van der Waals surface area contributed by atoms with Crippen LogP contribution in [-0.4, -0.2) is 13.2 Å². The van der Waals surface area contributed by atoms with Gasteiger partial charge >= 0.3 is 0 Å². The number of ether oxygens (including phenoxy) is 1. The highest BCUT2D eigenvalue weighted by atomic mass is 16.5. The van der Waals surface area contributed by atoms with Gasteiger partial charge in [-0.05, 0) is 37.4 Å². The largest absolute Gasteiger partial charge is 0.493 e. The summed E-state index contributed by atoms with van der Waals surface area (Å²) in [6.45, 7) is 10.7. The summed E-state index contributed by atoms with van der Waals surface area (Å²) in [6, 6.07) is 4.88. The highest BCUT2D eigenvalue weighted by molar-refractivity contribution is 5.47. The minimum atomic E-state index is 0.459. The summed E-state index contributed by atoms with van der Waals surface area (Å²) in [7, 11) is 0. The van der Waals surface area contributed by atoms with Gasteiger partial charge in [0.05, 0.1) is 6.61 Å². The zero-order valence-corrected chi connectivity index (χ0v) is 11.3. The lowest BCUT2D eigenvalue weighted by Gasteiger charge is -2.29. The normalized spacial score (nSPS) is 19.0. The fourth-order valence-electron chi connectivity index (χ4n) is 2.30. The van der Waals surface area contributed by atoms with Gasteiger partial charge in [-0.2, -0.15) is 0 Å². The molecule has 0 amide bonds. The molecule has 94 valence electrons. The van der Waals surface area contributed by atoms with Crippen molar-refractivity contribution in [2.45, 2.75) is 40.2 Å². The molecule has 17 heavy (non-hydrogen) atoms. The molecule has 0 fully saturated rings. The van der Waals surface area contributed by atoms with Crippen LogP contribution in [0.3, 0.4) is 0 Å². The van der Waals surface area contributed by atoms with E-state index in [1.807, 2.05) is 0 Å². The Balaban J connectivity index is 2.23. The highest BCUT2D eigenvalue weighted by Crippen LogP contribution is 2.36. The maximum Gasteiger partial charge on any atom is 0.127 e. The molecule has 1 aliphatic rings. The van der Waals surface area contributed by atoms with Gasteiger partial charge in [-0.1, -0.05) is 26.0 Å². The predicted octanol–water partition coefficient (Wildman–Crippen LogP) is 3.37. The van der Waals surface area contributed by atoms with Crippen molar-refractivity contribution in [3.8, 4) is 5.75 Å². The van der Waals surface area contributed by atoms with E-state index in [0.717, 1.165) is 25.3 Å². The van der Waals surface area contributed by atoms with Crippen molar-refractivity contribution in [2.75, 3.05) is 13.2 Å². The molecule has 2 nitrogen and oxygen atoms in total. The van der Waals surface area contributed by atoms with Gasteiger partial charge in [-0.25, -0.2) is 0 Å². The van der Waals surface area contributed by atoms with E-state index in [9.17, 15) is 0 Å². The molecule has 1 aromatic rings. The standard InChI is InChI=1S/C15H23NO/c1-10(2)9-16-14-7-8-17-15-12(4)11(3)5-6-13(14)15/h5-6,10,14,16H,7-9H2,1-4H3. The maximum atomic E-state index is 5.83. The van der Waals surface area contributed by atoms with Crippen molar-refractivity contribution in [2.24, 2.45) is 5.92 Å². The van der Waals surface area contributed by atoms with Crippen LogP contribution in [0.4, 0.5) is 0 Å². The quantitative estimate of drug-likeness (QED) is 0.864. The Hall–Kier alpha value is -1.02. The van der Waals surface area contributed by atoms with Gasteiger partial charge in [0.1, 0.15) is 5.75 Å². The third kappa shape index (κ3) is 2.63. The second-order valence-electron chi connectivity index (χ2n) is 5.42. The molecule has 0 saturated heterocycles. The Kier molecular flexibility index (Phi) is 3.72. The van der Waals surface area contributed by atoms with E-state index in [-0.39, 0.29) is 0 Å². The molecule has 0 bridgehead atoms. The molecular formula is C15H23NO. The minimum Gasteiger partial charge on any atom is -0.493 e. The first-order chi connectivity index (χ1) is 8.09. The van der Waals surface area contributed by atoms with E-state index >= 15 is 0 Å². The van der Waals surface area contributed by atoms with Crippen LogP contribution in [0.2, 0.25) is 0 Å². The third-order valence-corrected chi connectivity index (χ3v) is 3.51. The fourth-order valence-corrected chi connectivity index (χ4v) is 2.30. The lowest BCUT2D eigenvalue weighted by molar-refractivity contribution is 0.248. The van der Waals surface area contributed by atoms with Crippen molar-refractivity contribution in [1.29, 1.82) is 0 Å². The van der Waals surface area contributed by atoms with Gasteiger partial charge < -0.3 is 10.1 Å². The number of nitrogens with one attached hydrogen (secondary N) is 1. The Morgan fingerprint density at radius 1 is 1.35 bits per heavy atom. The molecule has 1 atom stereocenters. The molecule has 2 heteroatoms. The average molecular weight is 233 g/mol. The van der Waals surface area contributed by atoms with Crippen molar-refractivity contribution < 1.29 is 4.74 Å². The molecule has 1 heterocycles. The van der Waals surface area contributed by atoms with Crippen LogP contribution < -0.4 is 10.1 Å². The van der Waals surface area contributed by atoms with E-state index in [2.05, 4.69) is 45.1 Å². The van der Waals surface area contributed by atoms with Crippen LogP contribution in [0.15, 0.2) is 12.1 Å². The first kappa shape index (κ1) is 12.4. The summed E-state index contributed by atoms with van der Waals surface area (Å²) in [5, 5.41) is 3.64. The summed E-state index contributed by atoms with van der Waals surface area (Å²) in [4.78, 5) is 0. The lowest BCUT2D eigenvalue weighted by Crippen LogP contribution is -2.30. The monoisotopic (exact) mass is 233 g/mol. The molecule has 0 aliphatic carbocycles. The Morgan fingerprint density at radius 2 is 2.12 bits per heavy atom. The first-order valence-electron chi connectivity index (χ1n) is 6.56. The van der Waals surface area contributed by atoms with Crippen LogP contribution in [-0.2, 0) is 0 Å². The van der Waals surface area contributed by atoms with Crippen LogP contribution in [0.5, 0.6) is 5.75 Å². The van der Waals surface area contributed by atoms with Crippen molar-refractivity contribution in [3.63, 3.8) is 0 Å². The predicted molar refractivity (Wildman–Crippen MR) is 71.6 cm³/mol. The van der Waals surface area contributed by atoms with Crippen LogP contribution in [0.25, 0.3) is 0 Å². The zero-order chi connectivity index (χ0) is 12.4. The molecule has 0 radical (unpaired) electrons. The third-order valence-electron chi connectivity index (χ3n) is 3.51. The second kappa shape index (κ2) is 5.09. The van der Waals surface area contributed by atoms with E-state index in [1.54, 1.807) is 0 Å². The SMILES string of the molecule is Cc1ccc2c(c1C)OCCC2NCC(C)C. The van der Waals surface area contributed by atoms with Crippen LogP contribution >= 0.6 is 0 Å². The molecule has 0 aromatic heterocycles. The number of benzene rings is 1. The summed E-state index contributed by atoms with van der Waals surface area (Å²) in [6.07, 6.45) is 1.07. The van der Waals surface area contributed by atoms with Crippen LogP contribution in [0.1, 0.15) is 43.0 Å². The molecule has 1 unspecified atom stereocenters. The topological polar surface area (TPSA) is 21.3 Å². The van der Waals surface area contributed by atoms with Gasteiger partial charge in [0.15, 0.2) is 0 Å². The zero-order valence-electron chi connectivity index (χ0n) is 11.3. The van der Waals surface area contributed by atoms with Gasteiger partial charge in [-0.15, -0.1) is 0 Å². The second-order valence-corrected chi connectivity index (χ2v) is 5.42. The minimum absolute atomic E-state index is 0.459. The summed E-state index contributed by atoms with van der Waals surface area (Å²) in [5.41, 5.74) is 3.94. The molecule has 1 aromatic carbocycles. The van der Waals surface area contributed by atoms with E-state index in [1.165, 1.54) is 16.7 Å². The highest BCUT2D eigenvalue weighted by Gasteiger charge is 2.22. The molecule has 2 rings (SSSR count). The number of rotatable bonds is 3. The summed E-state index contributed by atoms with van der Waals surface area (Å²) in [5.74, 6) is 1.80. The van der Waals surface area contributed by atoms with Gasteiger partial charge in [-0.3, -0.25) is 0 Å². The lowest BCUT2D eigenvalue weighted by atomic mass is 9.95. The summed E-state index contributed by atoms with van der Waals surface area (Å²) >= 11 is 0. The molecule has 0 saturated carbocycles. The molecule has 1 N–H and O–H groups in total. The maximum absolute atomic E-state index is 5.83. The molecule has 1 aliphatic heterocycles. The molecule has 0 spiro atoms. The number of hydrogen-bond donors (Lipinski definition) is 1. The van der Waals surface area contributed by atoms with Crippen molar-refractivity contribution in [1.82, 2.24) is 5.32 Å². The number of aryl methyl sites for hydroxylation is 1. The number of fused-ring (bicyclic) bond motifs is 1.